The summed E-state index contributed by atoms with van der Waals surface area (Å²) in [6, 6.07) is 3.69. The van der Waals surface area contributed by atoms with Gasteiger partial charge in [-0.25, -0.2) is 0 Å². The zero-order valence-corrected chi connectivity index (χ0v) is 10.1. The Labute approximate surface area is 108 Å². The van der Waals surface area contributed by atoms with Gasteiger partial charge in [0.1, 0.15) is 6.10 Å². The van der Waals surface area contributed by atoms with Crippen LogP contribution in [0.2, 0.25) is 0 Å². The lowest BCUT2D eigenvalue weighted by Crippen LogP contribution is -2.29. The van der Waals surface area contributed by atoms with Gasteiger partial charge in [-0.15, -0.1) is 0 Å². The summed E-state index contributed by atoms with van der Waals surface area (Å²) in [7, 11) is 1.55. The van der Waals surface area contributed by atoms with Crippen molar-refractivity contribution >= 4 is 5.69 Å². The molecule has 8 nitrogen and oxygen atoms in total. The fourth-order valence-electron chi connectivity index (χ4n) is 1.60. The SMILES string of the molecule is CNCC(O)C(O)c1cc(C#N)cc([N+](=O)[O-])c1O. The molecule has 1 aromatic rings. The lowest BCUT2D eigenvalue weighted by molar-refractivity contribution is -0.386. The Morgan fingerprint density at radius 3 is 2.63 bits per heavy atom. The van der Waals surface area contributed by atoms with E-state index in [4.69, 9.17) is 5.26 Å². The van der Waals surface area contributed by atoms with Gasteiger partial charge in [-0.3, -0.25) is 10.1 Å². The largest absolute Gasteiger partial charge is 0.502 e. The number of likely N-dealkylation sites (N-methyl/N-ethyl adjacent to an activating group) is 1. The minimum atomic E-state index is -1.54. The number of aliphatic hydroxyl groups is 2. The van der Waals surface area contributed by atoms with Gasteiger partial charge in [0.25, 0.3) is 0 Å². The quantitative estimate of drug-likeness (QED) is 0.427. The van der Waals surface area contributed by atoms with Gasteiger partial charge >= 0.3 is 5.69 Å². The van der Waals surface area contributed by atoms with Crippen molar-refractivity contribution in [1.82, 2.24) is 5.32 Å². The van der Waals surface area contributed by atoms with E-state index >= 15 is 0 Å². The average Bonchev–Trinajstić information content (AvgIpc) is 2.38. The normalized spacial score (nSPS) is 13.6. The third-order valence-corrected chi connectivity index (χ3v) is 2.54. The summed E-state index contributed by atoms with van der Waals surface area (Å²) in [5.41, 5.74) is -1.03. The van der Waals surface area contributed by atoms with E-state index in [0.29, 0.717) is 0 Å². The van der Waals surface area contributed by atoms with Crippen LogP contribution in [0.3, 0.4) is 0 Å². The van der Waals surface area contributed by atoms with Crippen molar-refractivity contribution in [2.75, 3.05) is 13.6 Å². The number of hydrogen-bond donors (Lipinski definition) is 4. The van der Waals surface area contributed by atoms with Crippen LogP contribution in [-0.2, 0) is 0 Å². The minimum absolute atomic E-state index is 0.0190. The number of nitro groups is 1. The van der Waals surface area contributed by atoms with Gasteiger partial charge in [0.2, 0.25) is 0 Å². The predicted octanol–water partition coefficient (Wildman–Crippen LogP) is -0.214. The van der Waals surface area contributed by atoms with Crippen molar-refractivity contribution in [1.29, 1.82) is 5.26 Å². The average molecular weight is 267 g/mol. The van der Waals surface area contributed by atoms with Crippen LogP contribution in [0, 0.1) is 21.4 Å². The number of nitriles is 1. The molecular weight excluding hydrogens is 254 g/mol. The molecule has 4 N–H and O–H groups in total. The minimum Gasteiger partial charge on any atom is -0.502 e. The summed E-state index contributed by atoms with van der Waals surface area (Å²) >= 11 is 0. The summed E-state index contributed by atoms with van der Waals surface area (Å²) in [6.07, 6.45) is -2.82. The number of nitrogens with zero attached hydrogens (tertiary/aromatic N) is 2. The van der Waals surface area contributed by atoms with Crippen LogP contribution >= 0.6 is 0 Å². The summed E-state index contributed by atoms with van der Waals surface area (Å²) < 4.78 is 0. The molecule has 1 aromatic carbocycles. The summed E-state index contributed by atoms with van der Waals surface area (Å²) in [5, 5.41) is 51.3. The second kappa shape index (κ2) is 6.10. The third-order valence-electron chi connectivity index (χ3n) is 2.54. The Morgan fingerprint density at radius 1 is 1.53 bits per heavy atom. The molecule has 0 radical (unpaired) electrons. The van der Waals surface area contributed by atoms with Crippen LogP contribution < -0.4 is 5.32 Å². The molecule has 0 saturated carbocycles. The number of nitro benzene ring substituents is 1. The van der Waals surface area contributed by atoms with Crippen molar-refractivity contribution < 1.29 is 20.2 Å². The van der Waals surface area contributed by atoms with Gasteiger partial charge in [-0.05, 0) is 13.1 Å². The molecule has 0 aliphatic carbocycles. The van der Waals surface area contributed by atoms with Gasteiger partial charge in [0.15, 0.2) is 5.75 Å². The molecule has 0 aromatic heterocycles. The van der Waals surface area contributed by atoms with E-state index in [0.717, 1.165) is 12.1 Å². The van der Waals surface area contributed by atoms with Gasteiger partial charge in [-0.2, -0.15) is 5.26 Å². The van der Waals surface area contributed by atoms with E-state index in [9.17, 15) is 25.4 Å². The molecule has 0 heterocycles. The highest BCUT2D eigenvalue weighted by Crippen LogP contribution is 2.35. The van der Waals surface area contributed by atoms with Crippen molar-refractivity contribution in [3.63, 3.8) is 0 Å². The van der Waals surface area contributed by atoms with Crippen LogP contribution in [0.15, 0.2) is 12.1 Å². The molecular formula is C11H13N3O5. The first-order chi connectivity index (χ1) is 8.92. The van der Waals surface area contributed by atoms with Gasteiger partial charge < -0.3 is 20.6 Å². The van der Waals surface area contributed by atoms with Crippen LogP contribution in [0.5, 0.6) is 5.75 Å². The summed E-state index contributed by atoms with van der Waals surface area (Å²) in [6.45, 7) is 0.0190. The second-order valence-electron chi connectivity index (χ2n) is 3.87. The number of nitrogens with one attached hydrogen (secondary N) is 1. The molecule has 0 aliphatic heterocycles. The van der Waals surface area contributed by atoms with Gasteiger partial charge in [0.05, 0.1) is 22.7 Å². The molecule has 0 aliphatic rings. The zero-order valence-electron chi connectivity index (χ0n) is 10.1. The fraction of sp³-hybridized carbons (Fsp3) is 0.364. The van der Waals surface area contributed by atoms with E-state index in [2.05, 4.69) is 5.32 Å². The molecule has 0 fully saturated rings. The molecule has 2 atom stereocenters. The van der Waals surface area contributed by atoms with Crippen molar-refractivity contribution in [3.8, 4) is 11.8 Å². The Bertz CT molecular complexity index is 526. The molecule has 19 heavy (non-hydrogen) atoms. The third kappa shape index (κ3) is 3.17. The molecule has 0 amide bonds. The fourth-order valence-corrected chi connectivity index (χ4v) is 1.60. The van der Waals surface area contributed by atoms with Crippen LogP contribution in [0.4, 0.5) is 5.69 Å². The van der Waals surface area contributed by atoms with Crippen LogP contribution in [0.25, 0.3) is 0 Å². The Morgan fingerprint density at radius 2 is 2.16 bits per heavy atom. The van der Waals surface area contributed by atoms with Gasteiger partial charge in [0, 0.05) is 18.2 Å². The number of aromatic hydroxyl groups is 1. The zero-order chi connectivity index (χ0) is 14.6. The Balaban J connectivity index is 3.30. The second-order valence-corrected chi connectivity index (χ2v) is 3.87. The Kier molecular flexibility index (Phi) is 4.77. The smallest absolute Gasteiger partial charge is 0.312 e. The molecule has 1 rings (SSSR count). The lowest BCUT2D eigenvalue weighted by atomic mass is 10.00. The maximum Gasteiger partial charge on any atom is 0.312 e. The number of aliphatic hydroxyl groups excluding tert-OH is 2. The molecule has 2 unspecified atom stereocenters. The number of phenols is 1. The molecule has 8 heteroatoms. The first-order valence-electron chi connectivity index (χ1n) is 5.34. The van der Waals surface area contributed by atoms with E-state index in [-0.39, 0.29) is 17.7 Å². The number of hydrogen-bond acceptors (Lipinski definition) is 7. The van der Waals surface area contributed by atoms with Crippen molar-refractivity contribution in [2.24, 2.45) is 0 Å². The predicted molar refractivity (Wildman–Crippen MR) is 64.4 cm³/mol. The topological polar surface area (TPSA) is 140 Å². The number of rotatable bonds is 5. The first-order valence-corrected chi connectivity index (χ1v) is 5.34. The molecule has 0 spiro atoms. The molecule has 0 saturated heterocycles. The highest BCUT2D eigenvalue weighted by molar-refractivity contribution is 5.56. The standard InChI is InChI=1S/C11H13N3O5/c1-13-5-9(15)11(17)7-2-6(4-12)3-8(10(7)16)14(18)19/h2-3,9,11,13,15-17H,5H2,1H3. The van der Waals surface area contributed by atoms with Crippen molar-refractivity contribution in [3.05, 3.63) is 33.4 Å². The van der Waals surface area contributed by atoms with Crippen LogP contribution in [-0.4, -0.2) is 39.9 Å². The number of phenolic OH excluding ortho intramolecular Hbond substituents is 1. The lowest BCUT2D eigenvalue weighted by Gasteiger charge is -2.18. The van der Waals surface area contributed by atoms with Crippen molar-refractivity contribution in [2.45, 2.75) is 12.2 Å². The van der Waals surface area contributed by atoms with E-state index < -0.39 is 28.6 Å². The summed E-state index contributed by atoms with van der Waals surface area (Å²) in [5.74, 6) is -0.758. The van der Waals surface area contributed by atoms with Gasteiger partial charge in [-0.1, -0.05) is 0 Å². The molecule has 0 bridgehead atoms. The highest BCUT2D eigenvalue weighted by Gasteiger charge is 2.27. The van der Waals surface area contributed by atoms with E-state index in [1.54, 1.807) is 13.1 Å². The highest BCUT2D eigenvalue weighted by atomic mass is 16.6. The first kappa shape index (κ1) is 14.8. The number of benzene rings is 1. The Hall–Kier alpha value is -2.21. The van der Waals surface area contributed by atoms with E-state index in [1.165, 1.54) is 0 Å². The van der Waals surface area contributed by atoms with E-state index in [1.807, 2.05) is 0 Å². The van der Waals surface area contributed by atoms with Crippen LogP contribution in [0.1, 0.15) is 17.2 Å². The summed E-state index contributed by atoms with van der Waals surface area (Å²) in [4.78, 5) is 9.88. The molecule has 102 valence electrons. The maximum atomic E-state index is 10.7. The maximum absolute atomic E-state index is 10.7. The monoisotopic (exact) mass is 267 g/mol.